The van der Waals surface area contributed by atoms with Crippen LogP contribution in [-0.2, 0) is 4.79 Å². The fourth-order valence-corrected chi connectivity index (χ4v) is 2.31. The summed E-state index contributed by atoms with van der Waals surface area (Å²) in [4.78, 5) is 25.3. The van der Waals surface area contributed by atoms with Crippen LogP contribution in [0.3, 0.4) is 0 Å². The Morgan fingerprint density at radius 3 is 2.78 bits per heavy atom. The van der Waals surface area contributed by atoms with Crippen molar-refractivity contribution in [2.45, 2.75) is 19.8 Å². The van der Waals surface area contributed by atoms with E-state index in [2.05, 4.69) is 5.32 Å². The number of anilines is 1. The molecule has 1 aromatic rings. The first-order valence-corrected chi connectivity index (χ1v) is 6.39. The topological polar surface area (TPSA) is 49.4 Å². The standard InChI is InChI=1S/C13H15ClN2O2/c1-2-5-9-8-15-13(18)16(12(9)17)11-7-4-3-6-10(11)14/h3-4,6-7,9H,2,5,8H2,1H3,(H,15,18). The Balaban J connectivity index is 2.32. The van der Waals surface area contributed by atoms with Gasteiger partial charge in [0.1, 0.15) is 0 Å². The number of nitrogens with zero attached hydrogens (tertiary/aromatic N) is 1. The van der Waals surface area contributed by atoms with Gasteiger partial charge < -0.3 is 5.32 Å². The summed E-state index contributed by atoms with van der Waals surface area (Å²) >= 11 is 6.04. The maximum Gasteiger partial charge on any atom is 0.328 e. The second-order valence-corrected chi connectivity index (χ2v) is 4.70. The lowest BCUT2D eigenvalue weighted by Crippen LogP contribution is -2.55. The van der Waals surface area contributed by atoms with Crippen molar-refractivity contribution in [3.63, 3.8) is 0 Å². The molecule has 0 bridgehead atoms. The summed E-state index contributed by atoms with van der Waals surface area (Å²) < 4.78 is 0. The van der Waals surface area contributed by atoms with Crippen molar-refractivity contribution >= 4 is 29.2 Å². The molecule has 3 amide bonds. The summed E-state index contributed by atoms with van der Waals surface area (Å²) in [6.45, 7) is 2.43. The third-order valence-corrected chi connectivity index (χ3v) is 3.32. The van der Waals surface area contributed by atoms with Crippen LogP contribution in [0.1, 0.15) is 19.8 Å². The molecule has 1 aliphatic heterocycles. The molecule has 5 heteroatoms. The second-order valence-electron chi connectivity index (χ2n) is 4.30. The van der Waals surface area contributed by atoms with Gasteiger partial charge in [-0.3, -0.25) is 4.79 Å². The summed E-state index contributed by atoms with van der Waals surface area (Å²) in [7, 11) is 0. The predicted octanol–water partition coefficient (Wildman–Crippen LogP) is 2.81. The minimum atomic E-state index is -0.402. The first-order chi connectivity index (χ1) is 8.65. The number of halogens is 1. The van der Waals surface area contributed by atoms with Gasteiger partial charge in [0.2, 0.25) is 5.91 Å². The highest BCUT2D eigenvalue weighted by Gasteiger charge is 2.35. The van der Waals surface area contributed by atoms with Gasteiger partial charge in [-0.05, 0) is 18.6 Å². The van der Waals surface area contributed by atoms with Crippen molar-refractivity contribution in [2.24, 2.45) is 5.92 Å². The number of nitrogens with one attached hydrogen (secondary N) is 1. The van der Waals surface area contributed by atoms with Gasteiger partial charge in [-0.25, -0.2) is 9.69 Å². The summed E-state index contributed by atoms with van der Waals surface area (Å²) in [5.74, 6) is -0.335. The normalized spacial score (nSPS) is 19.9. The lowest BCUT2D eigenvalue weighted by molar-refractivity contribution is -0.122. The number of hydrogen-bond donors (Lipinski definition) is 1. The van der Waals surface area contributed by atoms with E-state index in [1.54, 1.807) is 24.3 Å². The molecule has 0 aromatic heterocycles. The lowest BCUT2D eigenvalue weighted by atomic mass is 10.00. The lowest BCUT2D eigenvalue weighted by Gasteiger charge is -2.31. The predicted molar refractivity (Wildman–Crippen MR) is 70.7 cm³/mol. The van der Waals surface area contributed by atoms with Gasteiger partial charge in [0, 0.05) is 6.54 Å². The van der Waals surface area contributed by atoms with Gasteiger partial charge in [0.15, 0.2) is 0 Å². The van der Waals surface area contributed by atoms with Crippen molar-refractivity contribution in [2.75, 3.05) is 11.4 Å². The van der Waals surface area contributed by atoms with Gasteiger partial charge in [-0.2, -0.15) is 0 Å². The van der Waals surface area contributed by atoms with E-state index in [9.17, 15) is 9.59 Å². The number of amides is 3. The zero-order valence-corrected chi connectivity index (χ0v) is 10.9. The van der Waals surface area contributed by atoms with E-state index in [1.807, 2.05) is 6.92 Å². The number of benzene rings is 1. The SMILES string of the molecule is CCCC1CNC(=O)N(c2ccccc2Cl)C1=O. The molecule has 18 heavy (non-hydrogen) atoms. The molecule has 0 radical (unpaired) electrons. The van der Waals surface area contributed by atoms with Crippen molar-refractivity contribution in [1.29, 1.82) is 0 Å². The molecular formula is C13H15ClN2O2. The van der Waals surface area contributed by atoms with Crippen LogP contribution < -0.4 is 10.2 Å². The average molecular weight is 267 g/mol. The minimum absolute atomic E-state index is 0.163. The van der Waals surface area contributed by atoms with Crippen LogP contribution in [0.15, 0.2) is 24.3 Å². The van der Waals surface area contributed by atoms with Gasteiger partial charge >= 0.3 is 6.03 Å². The van der Waals surface area contributed by atoms with Crippen LogP contribution in [0, 0.1) is 5.92 Å². The van der Waals surface area contributed by atoms with Crippen LogP contribution in [0.5, 0.6) is 0 Å². The average Bonchev–Trinajstić information content (AvgIpc) is 2.35. The van der Waals surface area contributed by atoms with E-state index in [4.69, 9.17) is 11.6 Å². The molecule has 0 spiro atoms. The Hall–Kier alpha value is -1.55. The molecule has 2 rings (SSSR count). The van der Waals surface area contributed by atoms with Gasteiger partial charge in [-0.15, -0.1) is 0 Å². The van der Waals surface area contributed by atoms with Crippen molar-refractivity contribution < 1.29 is 9.59 Å². The molecule has 1 atom stereocenters. The highest BCUT2D eigenvalue weighted by molar-refractivity contribution is 6.35. The van der Waals surface area contributed by atoms with Crippen LogP contribution in [-0.4, -0.2) is 18.5 Å². The minimum Gasteiger partial charge on any atom is -0.337 e. The highest BCUT2D eigenvalue weighted by Crippen LogP contribution is 2.28. The van der Waals surface area contributed by atoms with Gasteiger partial charge in [-0.1, -0.05) is 37.1 Å². The largest absolute Gasteiger partial charge is 0.337 e. The number of imide groups is 1. The molecule has 1 fully saturated rings. The number of carbonyl (C=O) groups excluding carboxylic acids is 2. The van der Waals surface area contributed by atoms with Crippen molar-refractivity contribution in [3.8, 4) is 0 Å². The maximum atomic E-state index is 12.3. The van der Waals surface area contributed by atoms with Crippen molar-refractivity contribution in [1.82, 2.24) is 5.32 Å². The Labute approximate surface area is 111 Å². The highest BCUT2D eigenvalue weighted by atomic mass is 35.5. The second kappa shape index (κ2) is 5.40. The van der Waals surface area contributed by atoms with E-state index in [0.717, 1.165) is 17.7 Å². The van der Waals surface area contributed by atoms with E-state index in [-0.39, 0.29) is 11.8 Å². The molecule has 1 N–H and O–H groups in total. The summed E-state index contributed by atoms with van der Waals surface area (Å²) in [5.41, 5.74) is 0.447. The van der Waals surface area contributed by atoms with Crippen LogP contribution in [0.2, 0.25) is 5.02 Å². The molecule has 0 aliphatic carbocycles. The summed E-state index contributed by atoms with van der Waals surface area (Å²) in [6.07, 6.45) is 1.67. The van der Waals surface area contributed by atoms with Crippen LogP contribution >= 0.6 is 11.6 Å². The number of hydrogen-bond acceptors (Lipinski definition) is 2. The molecule has 1 heterocycles. The molecule has 4 nitrogen and oxygen atoms in total. The zero-order valence-electron chi connectivity index (χ0n) is 10.1. The zero-order chi connectivity index (χ0) is 13.1. The Morgan fingerprint density at radius 1 is 1.39 bits per heavy atom. The molecule has 0 saturated carbocycles. The maximum absolute atomic E-state index is 12.3. The third kappa shape index (κ3) is 2.34. The first-order valence-electron chi connectivity index (χ1n) is 6.01. The van der Waals surface area contributed by atoms with E-state index in [0.29, 0.717) is 17.3 Å². The molecular weight excluding hydrogens is 252 g/mol. The molecule has 1 aliphatic rings. The van der Waals surface area contributed by atoms with E-state index < -0.39 is 6.03 Å². The fourth-order valence-electron chi connectivity index (χ4n) is 2.09. The first kappa shape index (κ1) is 12.9. The number of urea groups is 1. The number of carbonyl (C=O) groups is 2. The number of para-hydroxylation sites is 1. The Morgan fingerprint density at radius 2 is 2.11 bits per heavy atom. The Kier molecular flexibility index (Phi) is 3.87. The Bertz CT molecular complexity index is 476. The summed E-state index contributed by atoms with van der Waals surface area (Å²) in [5, 5.41) is 3.13. The quantitative estimate of drug-likeness (QED) is 0.915. The number of rotatable bonds is 3. The van der Waals surface area contributed by atoms with Crippen LogP contribution in [0.25, 0.3) is 0 Å². The molecule has 1 saturated heterocycles. The van der Waals surface area contributed by atoms with E-state index >= 15 is 0 Å². The van der Waals surface area contributed by atoms with Gasteiger partial charge in [0.05, 0.1) is 16.6 Å². The molecule has 96 valence electrons. The monoisotopic (exact) mass is 266 g/mol. The van der Waals surface area contributed by atoms with E-state index in [1.165, 1.54) is 0 Å². The van der Waals surface area contributed by atoms with Crippen molar-refractivity contribution in [3.05, 3.63) is 29.3 Å². The third-order valence-electron chi connectivity index (χ3n) is 3.00. The molecule has 1 aromatic carbocycles. The van der Waals surface area contributed by atoms with Crippen LogP contribution in [0.4, 0.5) is 10.5 Å². The summed E-state index contributed by atoms with van der Waals surface area (Å²) in [6, 6.07) is 6.46. The molecule has 1 unspecified atom stereocenters. The van der Waals surface area contributed by atoms with Gasteiger partial charge in [0.25, 0.3) is 0 Å². The fraction of sp³-hybridized carbons (Fsp3) is 0.385. The smallest absolute Gasteiger partial charge is 0.328 e.